The second-order valence-electron chi connectivity index (χ2n) is 5.73. The van der Waals surface area contributed by atoms with Gasteiger partial charge in [0.2, 0.25) is 5.91 Å². The first-order valence-corrected chi connectivity index (χ1v) is 7.85. The van der Waals surface area contributed by atoms with Crippen LogP contribution in [0.15, 0.2) is 72.8 Å². The summed E-state index contributed by atoms with van der Waals surface area (Å²) in [5.41, 5.74) is 1.70. The predicted molar refractivity (Wildman–Crippen MR) is 95.9 cm³/mol. The van der Waals surface area contributed by atoms with Crippen molar-refractivity contribution in [2.75, 3.05) is 0 Å². The van der Waals surface area contributed by atoms with Gasteiger partial charge >= 0.3 is 0 Å². The van der Waals surface area contributed by atoms with E-state index in [0.29, 0.717) is 5.56 Å². The lowest BCUT2D eigenvalue weighted by atomic mass is 10.0. The molecule has 1 amide bonds. The highest BCUT2D eigenvalue weighted by molar-refractivity contribution is 5.92. The second kappa shape index (κ2) is 7.09. The van der Waals surface area contributed by atoms with E-state index in [1.807, 2.05) is 25.1 Å². The summed E-state index contributed by atoms with van der Waals surface area (Å²) in [6.45, 7) is 1.94. The minimum absolute atomic E-state index is 0.112. The highest BCUT2D eigenvalue weighted by atomic mass is 19.1. The van der Waals surface area contributed by atoms with Gasteiger partial charge in [-0.3, -0.25) is 4.79 Å². The van der Waals surface area contributed by atoms with Crippen LogP contribution in [0.1, 0.15) is 24.1 Å². The number of hydrogen-bond acceptors (Lipinski definition) is 1. The van der Waals surface area contributed by atoms with E-state index in [-0.39, 0.29) is 17.8 Å². The highest BCUT2D eigenvalue weighted by Crippen LogP contribution is 2.20. The van der Waals surface area contributed by atoms with Crippen molar-refractivity contribution >= 4 is 22.8 Å². The Morgan fingerprint density at radius 1 is 1.00 bits per heavy atom. The van der Waals surface area contributed by atoms with Crippen molar-refractivity contribution in [3.63, 3.8) is 0 Å². The summed E-state index contributed by atoms with van der Waals surface area (Å²) in [6.07, 6.45) is 3.03. The van der Waals surface area contributed by atoms with Gasteiger partial charge < -0.3 is 5.32 Å². The number of nitrogens with one attached hydrogen (secondary N) is 1. The summed E-state index contributed by atoms with van der Waals surface area (Å²) in [5, 5.41) is 5.24. The maximum Gasteiger partial charge on any atom is 0.244 e. The van der Waals surface area contributed by atoms with Crippen molar-refractivity contribution in [2.24, 2.45) is 0 Å². The van der Waals surface area contributed by atoms with E-state index in [4.69, 9.17) is 0 Å². The van der Waals surface area contributed by atoms with Gasteiger partial charge in [0.15, 0.2) is 0 Å². The molecule has 0 heterocycles. The molecule has 0 spiro atoms. The maximum atomic E-state index is 13.1. The van der Waals surface area contributed by atoms with E-state index in [9.17, 15) is 9.18 Å². The SMILES string of the molecule is CC(NC(=O)/C=C/c1cccc(F)c1)c1ccc2ccccc2c1. The molecule has 0 aliphatic carbocycles. The molecular weight excluding hydrogens is 301 g/mol. The molecule has 1 N–H and O–H groups in total. The van der Waals surface area contributed by atoms with Gasteiger partial charge in [-0.15, -0.1) is 0 Å². The lowest BCUT2D eigenvalue weighted by Gasteiger charge is -2.13. The van der Waals surface area contributed by atoms with Crippen molar-refractivity contribution in [3.8, 4) is 0 Å². The molecule has 24 heavy (non-hydrogen) atoms. The average molecular weight is 319 g/mol. The summed E-state index contributed by atoms with van der Waals surface area (Å²) in [4.78, 5) is 12.1. The summed E-state index contributed by atoms with van der Waals surface area (Å²) in [5.74, 6) is -0.526. The van der Waals surface area contributed by atoms with Crippen molar-refractivity contribution < 1.29 is 9.18 Å². The third-order valence-corrected chi connectivity index (χ3v) is 3.91. The van der Waals surface area contributed by atoms with E-state index >= 15 is 0 Å². The Labute approximate surface area is 140 Å². The maximum absolute atomic E-state index is 13.1. The number of rotatable bonds is 4. The molecule has 0 saturated heterocycles. The Kier molecular flexibility index (Phi) is 4.71. The molecule has 120 valence electrons. The van der Waals surface area contributed by atoms with Crippen LogP contribution in [0, 0.1) is 5.82 Å². The smallest absolute Gasteiger partial charge is 0.244 e. The fourth-order valence-electron chi connectivity index (χ4n) is 2.60. The minimum atomic E-state index is -0.318. The van der Waals surface area contributed by atoms with Crippen LogP contribution < -0.4 is 5.32 Å². The Morgan fingerprint density at radius 2 is 1.79 bits per heavy atom. The first-order valence-electron chi connectivity index (χ1n) is 7.85. The third-order valence-electron chi connectivity index (χ3n) is 3.91. The molecule has 0 radical (unpaired) electrons. The van der Waals surface area contributed by atoms with Crippen molar-refractivity contribution in [1.82, 2.24) is 5.32 Å². The lowest BCUT2D eigenvalue weighted by Crippen LogP contribution is -2.24. The first kappa shape index (κ1) is 15.9. The lowest BCUT2D eigenvalue weighted by molar-refractivity contribution is -0.117. The van der Waals surface area contributed by atoms with Gasteiger partial charge in [0.1, 0.15) is 5.82 Å². The number of halogens is 1. The molecule has 3 aromatic rings. The topological polar surface area (TPSA) is 29.1 Å². The Morgan fingerprint density at radius 3 is 2.58 bits per heavy atom. The fraction of sp³-hybridized carbons (Fsp3) is 0.0952. The van der Waals surface area contributed by atoms with Gasteiger partial charge in [-0.1, -0.05) is 48.5 Å². The Balaban J connectivity index is 1.68. The molecule has 3 heteroatoms. The van der Waals surface area contributed by atoms with Crippen molar-refractivity contribution in [2.45, 2.75) is 13.0 Å². The normalized spacial score (nSPS) is 12.4. The van der Waals surface area contributed by atoms with Crippen LogP contribution in [-0.4, -0.2) is 5.91 Å². The first-order chi connectivity index (χ1) is 11.6. The summed E-state index contributed by atoms with van der Waals surface area (Å²) in [6, 6.07) is 20.3. The van der Waals surface area contributed by atoms with Gasteiger partial charge in [-0.2, -0.15) is 0 Å². The molecule has 2 nitrogen and oxygen atoms in total. The van der Waals surface area contributed by atoms with Crippen LogP contribution in [0.4, 0.5) is 4.39 Å². The summed E-state index contributed by atoms with van der Waals surface area (Å²) in [7, 11) is 0. The average Bonchev–Trinajstić information content (AvgIpc) is 2.59. The van der Waals surface area contributed by atoms with Gasteiger partial charge in [-0.05, 0) is 53.1 Å². The molecule has 3 rings (SSSR count). The number of benzene rings is 3. The minimum Gasteiger partial charge on any atom is -0.346 e. The van der Waals surface area contributed by atoms with Crippen molar-refractivity contribution in [3.05, 3.63) is 89.8 Å². The molecule has 0 fully saturated rings. The summed E-state index contributed by atoms with van der Waals surface area (Å²) < 4.78 is 13.1. The van der Waals surface area contributed by atoms with Crippen LogP contribution in [-0.2, 0) is 4.79 Å². The molecule has 0 aliphatic heterocycles. The molecule has 0 aliphatic rings. The number of hydrogen-bond donors (Lipinski definition) is 1. The van der Waals surface area contributed by atoms with Gasteiger partial charge in [-0.25, -0.2) is 4.39 Å². The second-order valence-corrected chi connectivity index (χ2v) is 5.73. The van der Waals surface area contributed by atoms with Crippen LogP contribution in [0.3, 0.4) is 0 Å². The molecule has 0 bridgehead atoms. The van der Waals surface area contributed by atoms with E-state index in [2.05, 4.69) is 29.6 Å². The number of amides is 1. The zero-order valence-corrected chi connectivity index (χ0v) is 13.4. The van der Waals surface area contributed by atoms with E-state index in [1.54, 1.807) is 18.2 Å². The summed E-state index contributed by atoms with van der Waals surface area (Å²) >= 11 is 0. The van der Waals surface area contributed by atoms with Crippen LogP contribution in [0.2, 0.25) is 0 Å². The Hall–Kier alpha value is -2.94. The number of carbonyl (C=O) groups is 1. The van der Waals surface area contributed by atoms with Crippen LogP contribution in [0.25, 0.3) is 16.8 Å². The van der Waals surface area contributed by atoms with Gasteiger partial charge in [0.05, 0.1) is 6.04 Å². The van der Waals surface area contributed by atoms with E-state index in [0.717, 1.165) is 10.9 Å². The zero-order chi connectivity index (χ0) is 16.9. The van der Waals surface area contributed by atoms with Crippen LogP contribution >= 0.6 is 0 Å². The quantitative estimate of drug-likeness (QED) is 0.683. The fourth-order valence-corrected chi connectivity index (χ4v) is 2.60. The van der Waals surface area contributed by atoms with Gasteiger partial charge in [0.25, 0.3) is 0 Å². The molecule has 1 unspecified atom stereocenters. The largest absolute Gasteiger partial charge is 0.346 e. The molecule has 1 atom stereocenters. The highest BCUT2D eigenvalue weighted by Gasteiger charge is 2.08. The number of carbonyl (C=O) groups excluding carboxylic acids is 1. The Bertz CT molecular complexity index is 901. The van der Waals surface area contributed by atoms with Crippen molar-refractivity contribution in [1.29, 1.82) is 0 Å². The standard InChI is InChI=1S/C21H18FNO/c1-15(18-11-10-17-6-2-3-7-19(17)14-18)23-21(24)12-9-16-5-4-8-20(22)13-16/h2-15H,1H3,(H,23,24)/b12-9+. The van der Waals surface area contributed by atoms with Crippen LogP contribution in [0.5, 0.6) is 0 Å². The van der Waals surface area contributed by atoms with Gasteiger partial charge in [0, 0.05) is 6.08 Å². The zero-order valence-electron chi connectivity index (χ0n) is 13.4. The monoisotopic (exact) mass is 319 g/mol. The van der Waals surface area contributed by atoms with E-state index < -0.39 is 0 Å². The van der Waals surface area contributed by atoms with E-state index in [1.165, 1.54) is 23.6 Å². The predicted octanol–water partition coefficient (Wildman–Crippen LogP) is 4.87. The molecular formula is C21H18FNO. The molecule has 0 saturated carbocycles. The third kappa shape index (κ3) is 3.87. The molecule has 0 aromatic heterocycles. The molecule has 3 aromatic carbocycles. The number of fused-ring (bicyclic) bond motifs is 1.